The molecule has 1 aliphatic heterocycles. The highest BCUT2D eigenvalue weighted by atomic mass is 32.2. The number of amides is 1. The van der Waals surface area contributed by atoms with Crippen LogP contribution in [0.1, 0.15) is 35.7 Å². The topological polar surface area (TPSA) is 68.2 Å². The van der Waals surface area contributed by atoms with Crippen molar-refractivity contribution in [1.29, 1.82) is 0 Å². The molecule has 2 aromatic heterocycles. The first kappa shape index (κ1) is 18.9. The van der Waals surface area contributed by atoms with Crippen molar-refractivity contribution in [3.05, 3.63) is 46.2 Å². The van der Waals surface area contributed by atoms with E-state index in [-0.39, 0.29) is 5.91 Å². The minimum atomic E-state index is -0.591. The standard InChI is InChI=1S/C20H20N4O2S2/c1-4-7-16(25)24-14-9-6-5-8-13(14)17-18(21-20(27-3)23-22-17)26-19(24)15-11-10-12(2)28-15/h5-6,8-11,19H,4,7H2,1-3H3/t19-/m1/s1. The second kappa shape index (κ2) is 7.89. The van der Waals surface area contributed by atoms with E-state index in [0.29, 0.717) is 23.2 Å². The van der Waals surface area contributed by atoms with Gasteiger partial charge in [0.05, 0.1) is 10.6 Å². The predicted molar refractivity (Wildman–Crippen MR) is 112 cm³/mol. The number of thioether (sulfide) groups is 1. The Labute approximate surface area is 172 Å². The fourth-order valence-electron chi connectivity index (χ4n) is 3.18. The quantitative estimate of drug-likeness (QED) is 0.570. The lowest BCUT2D eigenvalue weighted by Gasteiger charge is -2.30. The normalized spacial score (nSPS) is 15.4. The smallest absolute Gasteiger partial charge is 0.247 e. The number of fused-ring (bicyclic) bond motifs is 3. The molecule has 0 saturated heterocycles. The monoisotopic (exact) mass is 412 g/mol. The Bertz CT molecular complexity index is 1020. The molecule has 6 nitrogen and oxygen atoms in total. The van der Waals surface area contributed by atoms with Crippen molar-refractivity contribution in [1.82, 2.24) is 15.2 Å². The summed E-state index contributed by atoms with van der Waals surface area (Å²) in [6, 6.07) is 11.7. The minimum absolute atomic E-state index is 0.0110. The molecule has 0 N–H and O–H groups in total. The highest BCUT2D eigenvalue weighted by molar-refractivity contribution is 7.98. The van der Waals surface area contributed by atoms with Crippen LogP contribution in [0.25, 0.3) is 11.3 Å². The van der Waals surface area contributed by atoms with Crippen LogP contribution in [-0.2, 0) is 4.79 Å². The lowest BCUT2D eigenvalue weighted by molar-refractivity contribution is -0.120. The van der Waals surface area contributed by atoms with Crippen LogP contribution < -0.4 is 9.64 Å². The van der Waals surface area contributed by atoms with Gasteiger partial charge in [0.15, 0.2) is 5.69 Å². The van der Waals surface area contributed by atoms with E-state index in [1.165, 1.54) is 11.8 Å². The Morgan fingerprint density at radius 3 is 2.79 bits per heavy atom. The first-order valence-electron chi connectivity index (χ1n) is 9.05. The van der Waals surface area contributed by atoms with Gasteiger partial charge in [-0.25, -0.2) is 0 Å². The molecular weight excluding hydrogens is 392 g/mol. The van der Waals surface area contributed by atoms with Crippen molar-refractivity contribution >= 4 is 34.7 Å². The first-order valence-corrected chi connectivity index (χ1v) is 11.1. The van der Waals surface area contributed by atoms with E-state index in [9.17, 15) is 4.79 Å². The molecule has 1 aromatic carbocycles. The molecule has 0 fully saturated rings. The molecule has 1 atom stereocenters. The number of carbonyl (C=O) groups excluding carboxylic acids is 1. The lowest BCUT2D eigenvalue weighted by Crippen LogP contribution is -2.37. The van der Waals surface area contributed by atoms with Crippen LogP contribution in [0.15, 0.2) is 41.6 Å². The lowest BCUT2D eigenvalue weighted by atomic mass is 10.1. The maximum atomic E-state index is 13.2. The Morgan fingerprint density at radius 1 is 1.25 bits per heavy atom. The van der Waals surface area contributed by atoms with Crippen molar-refractivity contribution in [2.24, 2.45) is 0 Å². The largest absolute Gasteiger partial charge is 0.446 e. The van der Waals surface area contributed by atoms with Crippen molar-refractivity contribution in [2.45, 2.75) is 38.1 Å². The Morgan fingerprint density at radius 2 is 2.07 bits per heavy atom. The number of hydrogen-bond acceptors (Lipinski definition) is 7. The van der Waals surface area contributed by atoms with Gasteiger partial charge < -0.3 is 4.74 Å². The number of thiophene rings is 1. The SMILES string of the molecule is CCCC(=O)N1c2ccccc2-c2nnc(SC)nc2O[C@@H]1c1ccc(C)s1. The summed E-state index contributed by atoms with van der Waals surface area (Å²) in [5.41, 5.74) is 2.12. The number of carbonyl (C=O) groups is 1. The van der Waals surface area contributed by atoms with Crippen molar-refractivity contribution in [3.8, 4) is 17.1 Å². The summed E-state index contributed by atoms with van der Waals surface area (Å²) < 4.78 is 6.35. The zero-order chi connectivity index (χ0) is 19.7. The van der Waals surface area contributed by atoms with Crippen molar-refractivity contribution in [3.63, 3.8) is 0 Å². The van der Waals surface area contributed by atoms with E-state index in [2.05, 4.69) is 15.2 Å². The van der Waals surface area contributed by atoms with Crippen LogP contribution in [0.5, 0.6) is 5.88 Å². The summed E-state index contributed by atoms with van der Waals surface area (Å²) >= 11 is 3.02. The molecule has 3 aromatic rings. The molecule has 144 valence electrons. The molecular formula is C20H20N4O2S2. The third-order valence-electron chi connectivity index (χ3n) is 4.43. The van der Waals surface area contributed by atoms with Gasteiger partial charge in [-0.2, -0.15) is 4.98 Å². The van der Waals surface area contributed by atoms with E-state index in [1.54, 1.807) is 16.2 Å². The molecule has 0 unspecified atom stereocenters. The van der Waals surface area contributed by atoms with Crippen molar-refractivity contribution < 1.29 is 9.53 Å². The van der Waals surface area contributed by atoms with Gasteiger partial charge in [0.25, 0.3) is 0 Å². The molecule has 1 aliphatic rings. The number of anilines is 1. The second-order valence-electron chi connectivity index (χ2n) is 6.40. The molecule has 0 bridgehead atoms. The van der Waals surface area contributed by atoms with Crippen LogP contribution in [-0.4, -0.2) is 27.3 Å². The Hall–Kier alpha value is -2.45. The fraction of sp³-hybridized carbons (Fsp3) is 0.300. The summed E-state index contributed by atoms with van der Waals surface area (Å²) in [5.74, 6) is 0.409. The van der Waals surface area contributed by atoms with Crippen molar-refractivity contribution in [2.75, 3.05) is 11.2 Å². The third kappa shape index (κ3) is 3.38. The van der Waals surface area contributed by atoms with Gasteiger partial charge in [0.2, 0.25) is 23.2 Å². The highest BCUT2D eigenvalue weighted by Gasteiger charge is 2.36. The van der Waals surface area contributed by atoms with Gasteiger partial charge in [-0.15, -0.1) is 21.5 Å². The number of benzene rings is 1. The van der Waals surface area contributed by atoms with E-state index < -0.39 is 6.23 Å². The van der Waals surface area contributed by atoms with Crippen LogP contribution in [0.4, 0.5) is 5.69 Å². The molecule has 8 heteroatoms. The van der Waals surface area contributed by atoms with E-state index in [4.69, 9.17) is 4.74 Å². The number of rotatable bonds is 4. The summed E-state index contributed by atoms with van der Waals surface area (Å²) in [5, 5.41) is 9.08. The van der Waals surface area contributed by atoms with Crippen LogP contribution in [0.2, 0.25) is 0 Å². The molecule has 0 saturated carbocycles. The minimum Gasteiger partial charge on any atom is -0.446 e. The van der Waals surface area contributed by atoms with Gasteiger partial charge >= 0.3 is 0 Å². The maximum absolute atomic E-state index is 13.2. The number of aromatic nitrogens is 3. The molecule has 28 heavy (non-hydrogen) atoms. The summed E-state index contributed by atoms with van der Waals surface area (Å²) in [6.45, 7) is 4.04. The van der Waals surface area contributed by atoms with Gasteiger partial charge in [-0.3, -0.25) is 9.69 Å². The third-order valence-corrected chi connectivity index (χ3v) is 6.00. The molecule has 0 radical (unpaired) electrons. The van der Waals surface area contributed by atoms with Gasteiger partial charge in [0, 0.05) is 16.9 Å². The summed E-state index contributed by atoms with van der Waals surface area (Å²) in [4.78, 5) is 21.6. The molecule has 0 spiro atoms. The average Bonchev–Trinajstić information content (AvgIpc) is 3.08. The predicted octanol–water partition coefficient (Wildman–Crippen LogP) is 4.85. The average molecular weight is 413 g/mol. The number of aryl methyl sites for hydroxylation is 1. The van der Waals surface area contributed by atoms with Gasteiger partial charge in [-0.1, -0.05) is 36.9 Å². The maximum Gasteiger partial charge on any atom is 0.247 e. The number of nitrogens with zero attached hydrogens (tertiary/aromatic N) is 4. The molecule has 4 rings (SSSR count). The number of ether oxygens (including phenoxy) is 1. The van der Waals surface area contributed by atoms with Crippen LogP contribution in [0, 0.1) is 6.92 Å². The van der Waals surface area contributed by atoms with E-state index in [0.717, 1.165) is 27.4 Å². The van der Waals surface area contributed by atoms with Gasteiger partial charge in [-0.05, 0) is 37.8 Å². The van der Waals surface area contributed by atoms with Crippen LogP contribution >= 0.6 is 23.1 Å². The highest BCUT2D eigenvalue weighted by Crippen LogP contribution is 2.44. The second-order valence-corrected chi connectivity index (χ2v) is 8.49. The zero-order valence-corrected chi connectivity index (χ0v) is 17.5. The summed E-state index contributed by atoms with van der Waals surface area (Å²) in [7, 11) is 0. The van der Waals surface area contributed by atoms with Gasteiger partial charge in [0.1, 0.15) is 0 Å². The van der Waals surface area contributed by atoms with E-state index in [1.807, 2.05) is 56.5 Å². The molecule has 3 heterocycles. The summed E-state index contributed by atoms with van der Waals surface area (Å²) in [6.07, 6.45) is 2.50. The Balaban J connectivity index is 1.95. The Kier molecular flexibility index (Phi) is 5.32. The molecule has 1 amide bonds. The number of para-hydroxylation sites is 1. The zero-order valence-electron chi connectivity index (χ0n) is 15.9. The fourth-order valence-corrected chi connectivity index (χ4v) is 4.37. The van der Waals surface area contributed by atoms with Crippen LogP contribution in [0.3, 0.4) is 0 Å². The first-order chi connectivity index (χ1) is 13.6. The van der Waals surface area contributed by atoms with E-state index >= 15 is 0 Å². The molecule has 0 aliphatic carbocycles. The number of hydrogen-bond donors (Lipinski definition) is 0.